The predicted octanol–water partition coefficient (Wildman–Crippen LogP) is 3.87. The minimum Gasteiger partial charge on any atom is -0.378 e. The van der Waals surface area contributed by atoms with Crippen LogP contribution in [-0.4, -0.2) is 19.8 Å². The van der Waals surface area contributed by atoms with Crippen molar-refractivity contribution in [2.45, 2.75) is 44.8 Å². The maximum Gasteiger partial charge on any atom is 0.0576 e. The maximum absolute atomic E-state index is 6.19. The van der Waals surface area contributed by atoms with Gasteiger partial charge in [0.15, 0.2) is 0 Å². The summed E-state index contributed by atoms with van der Waals surface area (Å²) in [4.78, 5) is 0. The second-order valence-electron chi connectivity index (χ2n) is 5.06. The summed E-state index contributed by atoms with van der Waals surface area (Å²) in [6.07, 6.45) is 5.11. The highest BCUT2D eigenvalue weighted by Gasteiger charge is 2.18. The summed E-state index contributed by atoms with van der Waals surface area (Å²) in [7, 11) is 2.01. The molecule has 1 aliphatic rings. The van der Waals surface area contributed by atoms with Gasteiger partial charge in [0, 0.05) is 17.7 Å². The fourth-order valence-electron chi connectivity index (χ4n) is 2.53. The van der Waals surface area contributed by atoms with Gasteiger partial charge in [0.05, 0.1) is 6.10 Å². The summed E-state index contributed by atoms with van der Waals surface area (Å²) in [6.45, 7) is 2.97. The molecule has 18 heavy (non-hydrogen) atoms. The molecule has 1 N–H and O–H groups in total. The second-order valence-corrected chi connectivity index (χ2v) is 5.47. The Balaban J connectivity index is 1.96. The van der Waals surface area contributed by atoms with E-state index in [0.717, 1.165) is 30.0 Å². The summed E-state index contributed by atoms with van der Waals surface area (Å²) in [5.41, 5.74) is 2.40. The first-order chi connectivity index (χ1) is 8.70. The van der Waals surface area contributed by atoms with E-state index in [1.807, 2.05) is 14.0 Å². The maximum atomic E-state index is 6.19. The summed E-state index contributed by atoms with van der Waals surface area (Å²) < 4.78 is 5.67. The van der Waals surface area contributed by atoms with Crippen LogP contribution in [0.5, 0.6) is 0 Å². The van der Waals surface area contributed by atoms with E-state index in [9.17, 15) is 0 Å². The van der Waals surface area contributed by atoms with Crippen molar-refractivity contribution in [3.8, 4) is 0 Å². The van der Waals surface area contributed by atoms with Crippen molar-refractivity contribution in [3.05, 3.63) is 34.3 Å². The molecule has 2 atom stereocenters. The van der Waals surface area contributed by atoms with Crippen LogP contribution in [0.15, 0.2) is 18.2 Å². The van der Waals surface area contributed by atoms with Gasteiger partial charge in [0.25, 0.3) is 0 Å². The molecule has 1 aromatic carbocycles. The van der Waals surface area contributed by atoms with E-state index >= 15 is 0 Å². The molecule has 1 saturated heterocycles. The van der Waals surface area contributed by atoms with Gasteiger partial charge < -0.3 is 10.1 Å². The van der Waals surface area contributed by atoms with Gasteiger partial charge in [0.2, 0.25) is 0 Å². The fraction of sp³-hybridized carbons (Fsp3) is 0.600. The van der Waals surface area contributed by atoms with Gasteiger partial charge >= 0.3 is 0 Å². The largest absolute Gasteiger partial charge is 0.378 e. The first-order valence-electron chi connectivity index (χ1n) is 6.75. The lowest BCUT2D eigenvalue weighted by molar-refractivity contribution is 0.0998. The van der Waals surface area contributed by atoms with Crippen molar-refractivity contribution in [2.75, 3.05) is 13.7 Å². The third-order valence-electron chi connectivity index (χ3n) is 3.75. The van der Waals surface area contributed by atoms with Crippen molar-refractivity contribution in [1.82, 2.24) is 5.32 Å². The number of nitrogens with one attached hydrogen (secondary N) is 1. The Morgan fingerprint density at radius 3 is 2.94 bits per heavy atom. The summed E-state index contributed by atoms with van der Waals surface area (Å²) in [5.74, 6) is 0. The SMILES string of the molecule is CNC(CCC1CCCO1)c1ccc(C)c(Cl)c1. The Morgan fingerprint density at radius 2 is 2.33 bits per heavy atom. The fourth-order valence-corrected chi connectivity index (χ4v) is 2.72. The lowest BCUT2D eigenvalue weighted by Crippen LogP contribution is -2.18. The van der Waals surface area contributed by atoms with Crippen LogP contribution in [0.25, 0.3) is 0 Å². The number of ether oxygens (including phenoxy) is 1. The number of rotatable bonds is 5. The second kappa shape index (κ2) is 6.55. The number of benzene rings is 1. The summed E-state index contributed by atoms with van der Waals surface area (Å²) >= 11 is 6.19. The molecule has 0 radical (unpaired) electrons. The van der Waals surface area contributed by atoms with E-state index in [1.165, 1.54) is 18.4 Å². The van der Waals surface area contributed by atoms with Crippen LogP contribution >= 0.6 is 11.6 Å². The minimum atomic E-state index is 0.368. The molecule has 2 rings (SSSR count). The first kappa shape index (κ1) is 13.9. The van der Waals surface area contributed by atoms with Crippen LogP contribution in [-0.2, 0) is 4.74 Å². The quantitative estimate of drug-likeness (QED) is 0.875. The monoisotopic (exact) mass is 267 g/mol. The Hall–Kier alpha value is -0.570. The molecule has 1 fully saturated rings. The van der Waals surface area contributed by atoms with Crippen molar-refractivity contribution in [1.29, 1.82) is 0 Å². The van der Waals surface area contributed by atoms with Crippen LogP contribution in [0.2, 0.25) is 5.02 Å². The average Bonchev–Trinajstić information content (AvgIpc) is 2.87. The minimum absolute atomic E-state index is 0.368. The Labute approximate surface area is 115 Å². The van der Waals surface area contributed by atoms with E-state index in [-0.39, 0.29) is 0 Å². The first-order valence-corrected chi connectivity index (χ1v) is 7.13. The molecule has 1 aromatic rings. The van der Waals surface area contributed by atoms with Gasteiger partial charge in [-0.15, -0.1) is 0 Å². The van der Waals surface area contributed by atoms with E-state index in [2.05, 4.69) is 23.5 Å². The highest BCUT2D eigenvalue weighted by molar-refractivity contribution is 6.31. The van der Waals surface area contributed by atoms with Gasteiger partial charge in [0.1, 0.15) is 0 Å². The third kappa shape index (κ3) is 3.47. The normalized spacial score (nSPS) is 21.2. The van der Waals surface area contributed by atoms with E-state index in [1.54, 1.807) is 0 Å². The Kier molecular flexibility index (Phi) is 5.04. The summed E-state index contributed by atoms with van der Waals surface area (Å²) in [5, 5.41) is 4.23. The molecule has 0 amide bonds. The van der Waals surface area contributed by atoms with E-state index in [0.29, 0.717) is 12.1 Å². The Morgan fingerprint density at radius 1 is 1.50 bits per heavy atom. The van der Waals surface area contributed by atoms with Gasteiger partial charge in [-0.25, -0.2) is 0 Å². The van der Waals surface area contributed by atoms with Gasteiger partial charge in [-0.1, -0.05) is 23.7 Å². The molecule has 0 bridgehead atoms. The number of halogens is 1. The lowest BCUT2D eigenvalue weighted by atomic mass is 9.98. The van der Waals surface area contributed by atoms with Crippen molar-refractivity contribution in [2.24, 2.45) is 0 Å². The van der Waals surface area contributed by atoms with Crippen LogP contribution in [0, 0.1) is 6.92 Å². The predicted molar refractivity (Wildman–Crippen MR) is 76.2 cm³/mol. The van der Waals surface area contributed by atoms with Gasteiger partial charge in [-0.05, 0) is 56.8 Å². The molecule has 2 nitrogen and oxygen atoms in total. The molecule has 0 aromatic heterocycles. The number of aryl methyl sites for hydroxylation is 1. The van der Waals surface area contributed by atoms with Gasteiger partial charge in [-0.3, -0.25) is 0 Å². The molecule has 100 valence electrons. The van der Waals surface area contributed by atoms with Crippen LogP contribution in [0.3, 0.4) is 0 Å². The van der Waals surface area contributed by atoms with E-state index < -0.39 is 0 Å². The molecule has 0 spiro atoms. The average molecular weight is 268 g/mol. The molecule has 2 unspecified atom stereocenters. The molecular weight excluding hydrogens is 246 g/mol. The zero-order chi connectivity index (χ0) is 13.0. The summed E-state index contributed by atoms with van der Waals surface area (Å²) in [6, 6.07) is 6.70. The van der Waals surface area contributed by atoms with Crippen LogP contribution in [0.1, 0.15) is 42.9 Å². The number of hydrogen-bond acceptors (Lipinski definition) is 2. The van der Waals surface area contributed by atoms with Crippen LogP contribution < -0.4 is 5.32 Å². The smallest absolute Gasteiger partial charge is 0.0576 e. The Bertz CT molecular complexity index is 388. The molecule has 1 heterocycles. The van der Waals surface area contributed by atoms with Crippen LogP contribution in [0.4, 0.5) is 0 Å². The lowest BCUT2D eigenvalue weighted by Gasteiger charge is -2.19. The molecule has 1 aliphatic heterocycles. The van der Waals surface area contributed by atoms with Gasteiger partial charge in [-0.2, -0.15) is 0 Å². The molecule has 0 aliphatic carbocycles. The van der Waals surface area contributed by atoms with Crippen molar-refractivity contribution < 1.29 is 4.74 Å². The molecule has 0 saturated carbocycles. The zero-order valence-corrected chi connectivity index (χ0v) is 12.0. The standard InChI is InChI=1S/C15H22ClNO/c1-11-5-6-12(10-14(11)16)15(17-2)8-7-13-4-3-9-18-13/h5-6,10,13,15,17H,3-4,7-9H2,1-2H3. The molecule has 3 heteroatoms. The molecular formula is C15H22ClNO. The zero-order valence-electron chi connectivity index (χ0n) is 11.2. The third-order valence-corrected chi connectivity index (χ3v) is 4.16. The highest BCUT2D eigenvalue weighted by atomic mass is 35.5. The topological polar surface area (TPSA) is 21.3 Å². The highest BCUT2D eigenvalue weighted by Crippen LogP contribution is 2.26. The van der Waals surface area contributed by atoms with E-state index in [4.69, 9.17) is 16.3 Å². The number of hydrogen-bond donors (Lipinski definition) is 1. The van der Waals surface area contributed by atoms with Crippen molar-refractivity contribution >= 4 is 11.6 Å². The van der Waals surface area contributed by atoms with Crippen molar-refractivity contribution in [3.63, 3.8) is 0 Å².